The maximum Gasteiger partial charge on any atom is 0.326 e. The predicted octanol–water partition coefficient (Wildman–Crippen LogP) is 1.72. The molecule has 2 unspecified atom stereocenters. The number of ether oxygens (including phenoxy) is 3. The van der Waals surface area contributed by atoms with Crippen LogP contribution in [0.25, 0.3) is 0 Å². The lowest BCUT2D eigenvalue weighted by Gasteiger charge is -2.32. The number of hydrogen-bond acceptors (Lipinski definition) is 7. The number of nitrogens with two attached hydrogens (primary N) is 1. The van der Waals surface area contributed by atoms with E-state index in [1.54, 1.807) is 43.9 Å². The molecule has 0 radical (unpaired) electrons. The van der Waals surface area contributed by atoms with Gasteiger partial charge in [-0.15, -0.1) is 0 Å². The maximum atomic E-state index is 13.2. The Kier molecular flexibility index (Phi) is 6.68. The molecule has 2 saturated heterocycles. The van der Waals surface area contributed by atoms with Crippen molar-refractivity contribution in [1.82, 2.24) is 0 Å². The third kappa shape index (κ3) is 4.89. The lowest BCUT2D eigenvalue weighted by molar-refractivity contribution is -0.173. The van der Waals surface area contributed by atoms with Crippen molar-refractivity contribution in [2.45, 2.75) is 52.4 Å². The normalized spacial score (nSPS) is 24.6. The van der Waals surface area contributed by atoms with E-state index in [0.29, 0.717) is 31.9 Å². The molecule has 0 bridgehead atoms. The van der Waals surface area contributed by atoms with Crippen LogP contribution in [0.2, 0.25) is 0 Å². The van der Waals surface area contributed by atoms with E-state index in [4.69, 9.17) is 19.9 Å². The van der Waals surface area contributed by atoms with Gasteiger partial charge in [0.25, 0.3) is 0 Å². The highest BCUT2D eigenvalue weighted by molar-refractivity contribution is 6.10. The second kappa shape index (κ2) is 8.94. The molecule has 1 aromatic rings. The molecule has 2 atom stereocenters. The first-order chi connectivity index (χ1) is 14.5. The summed E-state index contributed by atoms with van der Waals surface area (Å²) >= 11 is 0. The topological polar surface area (TPSA) is 120 Å². The van der Waals surface area contributed by atoms with Crippen molar-refractivity contribution < 1.29 is 28.6 Å². The first kappa shape index (κ1) is 23.2. The van der Waals surface area contributed by atoms with Crippen LogP contribution >= 0.6 is 0 Å². The number of rotatable bonds is 4. The third-order valence-electron chi connectivity index (χ3n) is 5.41. The highest BCUT2D eigenvalue weighted by atomic mass is 16.6. The van der Waals surface area contributed by atoms with Crippen molar-refractivity contribution in [2.75, 3.05) is 36.6 Å². The molecular formula is C22H31N3O6. The minimum absolute atomic E-state index is 0.00431. The average Bonchev–Trinajstić information content (AvgIpc) is 2.94. The van der Waals surface area contributed by atoms with Crippen LogP contribution in [0.3, 0.4) is 0 Å². The number of benzene rings is 1. The van der Waals surface area contributed by atoms with Gasteiger partial charge in [-0.2, -0.15) is 0 Å². The van der Waals surface area contributed by atoms with Gasteiger partial charge in [0.1, 0.15) is 11.8 Å². The van der Waals surface area contributed by atoms with E-state index in [9.17, 15) is 14.4 Å². The molecule has 31 heavy (non-hydrogen) atoms. The predicted molar refractivity (Wildman–Crippen MR) is 114 cm³/mol. The third-order valence-corrected chi connectivity index (χ3v) is 5.41. The summed E-state index contributed by atoms with van der Waals surface area (Å²) < 4.78 is 16.2. The molecule has 3 N–H and O–H groups in total. The fourth-order valence-electron chi connectivity index (χ4n) is 3.76. The van der Waals surface area contributed by atoms with Crippen molar-refractivity contribution in [3.63, 3.8) is 0 Å². The Morgan fingerprint density at radius 3 is 2.61 bits per heavy atom. The molecule has 0 spiro atoms. The summed E-state index contributed by atoms with van der Waals surface area (Å²) in [6, 6.07) is 5.24. The van der Waals surface area contributed by atoms with Gasteiger partial charge < -0.3 is 30.2 Å². The molecule has 9 nitrogen and oxygen atoms in total. The molecular weight excluding hydrogens is 402 g/mol. The van der Waals surface area contributed by atoms with Gasteiger partial charge in [-0.25, -0.2) is 0 Å². The Labute approximate surface area is 182 Å². The zero-order chi connectivity index (χ0) is 22.8. The van der Waals surface area contributed by atoms with Crippen LogP contribution in [-0.4, -0.2) is 56.0 Å². The molecule has 0 aliphatic carbocycles. The zero-order valence-corrected chi connectivity index (χ0v) is 18.5. The molecule has 2 aliphatic heterocycles. The van der Waals surface area contributed by atoms with E-state index in [0.717, 1.165) is 11.3 Å². The summed E-state index contributed by atoms with van der Waals surface area (Å²) in [6.45, 7) is 8.60. The van der Waals surface area contributed by atoms with Gasteiger partial charge in [0.2, 0.25) is 11.8 Å². The van der Waals surface area contributed by atoms with Crippen LogP contribution in [0.5, 0.6) is 0 Å². The summed E-state index contributed by atoms with van der Waals surface area (Å²) in [5.41, 5.74) is 5.70. The number of aryl methyl sites for hydroxylation is 1. The van der Waals surface area contributed by atoms with E-state index >= 15 is 0 Å². The van der Waals surface area contributed by atoms with Crippen LogP contribution in [0, 0.1) is 12.3 Å². The summed E-state index contributed by atoms with van der Waals surface area (Å²) in [6.07, 6.45) is -0.639. The highest BCUT2D eigenvalue weighted by Crippen LogP contribution is 2.37. The number of anilines is 2. The Balaban J connectivity index is 1.82. The molecule has 2 aliphatic rings. The Morgan fingerprint density at radius 2 is 2.00 bits per heavy atom. The van der Waals surface area contributed by atoms with Gasteiger partial charge in [0, 0.05) is 17.9 Å². The summed E-state index contributed by atoms with van der Waals surface area (Å²) in [5.74, 6) is -1.28. The molecule has 0 aromatic heterocycles. The van der Waals surface area contributed by atoms with Crippen LogP contribution < -0.4 is 16.0 Å². The minimum Gasteiger partial charge on any atom is -0.459 e. The Hall–Kier alpha value is -2.49. The lowest BCUT2D eigenvalue weighted by Crippen LogP contribution is -2.54. The van der Waals surface area contributed by atoms with E-state index in [1.807, 2.05) is 6.92 Å². The fourth-order valence-corrected chi connectivity index (χ4v) is 3.76. The lowest BCUT2D eigenvalue weighted by atomic mass is 9.83. The van der Waals surface area contributed by atoms with Gasteiger partial charge in [-0.3, -0.25) is 14.4 Å². The number of carbonyl (C=O) groups excluding carboxylic acids is 3. The Morgan fingerprint density at radius 1 is 1.26 bits per heavy atom. The molecule has 1 aromatic carbocycles. The van der Waals surface area contributed by atoms with E-state index < -0.39 is 29.1 Å². The second-order valence-corrected chi connectivity index (χ2v) is 8.88. The fraction of sp³-hybridized carbons (Fsp3) is 0.591. The quantitative estimate of drug-likeness (QED) is 0.548. The van der Waals surface area contributed by atoms with Crippen molar-refractivity contribution in [2.24, 2.45) is 11.1 Å². The molecule has 2 amide bonds. The van der Waals surface area contributed by atoms with Gasteiger partial charge in [0.15, 0.2) is 5.41 Å². The number of carbonyl (C=O) groups is 3. The largest absolute Gasteiger partial charge is 0.459 e. The molecule has 3 rings (SSSR count). The van der Waals surface area contributed by atoms with Crippen molar-refractivity contribution in [3.8, 4) is 0 Å². The first-order valence-electron chi connectivity index (χ1n) is 10.5. The van der Waals surface area contributed by atoms with Crippen molar-refractivity contribution >= 4 is 29.2 Å². The van der Waals surface area contributed by atoms with E-state index in [-0.39, 0.29) is 18.9 Å². The smallest absolute Gasteiger partial charge is 0.326 e. The van der Waals surface area contributed by atoms with Crippen molar-refractivity contribution in [1.29, 1.82) is 0 Å². The summed E-state index contributed by atoms with van der Waals surface area (Å²) in [4.78, 5) is 40.2. The van der Waals surface area contributed by atoms with Gasteiger partial charge in [0.05, 0.1) is 26.2 Å². The zero-order valence-electron chi connectivity index (χ0n) is 18.5. The molecule has 2 heterocycles. The average molecular weight is 434 g/mol. The monoisotopic (exact) mass is 433 g/mol. The van der Waals surface area contributed by atoms with Gasteiger partial charge in [-0.1, -0.05) is 0 Å². The molecule has 2 fully saturated rings. The number of esters is 1. The molecule has 0 saturated carbocycles. The van der Waals surface area contributed by atoms with Crippen LogP contribution in [0.15, 0.2) is 18.2 Å². The van der Waals surface area contributed by atoms with E-state index in [1.165, 1.54) is 0 Å². The number of nitrogens with one attached hydrogen (secondary N) is 1. The molecule has 9 heteroatoms. The van der Waals surface area contributed by atoms with Crippen LogP contribution in [-0.2, 0) is 28.6 Å². The standard InChI is InChI=1S/C22H31N3O6/c1-14-13-15(5-6-16(14)25-9-12-29-10-7-17(25)26)24-19(27)22(8-11-30-18(22)23)20(28)31-21(2,3)4/h5-6,13,18H,7-12,23H2,1-4H3,(H,24,27). The summed E-state index contributed by atoms with van der Waals surface area (Å²) in [5, 5.41) is 2.79. The number of nitrogens with zero attached hydrogens (tertiary/aromatic N) is 1. The minimum atomic E-state index is -1.63. The van der Waals surface area contributed by atoms with Crippen LogP contribution in [0.1, 0.15) is 39.2 Å². The second-order valence-electron chi connectivity index (χ2n) is 8.88. The highest BCUT2D eigenvalue weighted by Gasteiger charge is 2.57. The Bertz CT molecular complexity index is 865. The molecule has 170 valence electrons. The van der Waals surface area contributed by atoms with Crippen LogP contribution in [0.4, 0.5) is 11.4 Å². The first-order valence-corrected chi connectivity index (χ1v) is 10.5. The SMILES string of the molecule is Cc1cc(NC(=O)C2(C(=O)OC(C)(C)C)CCOC2N)ccc1N1CCOCCC1=O. The summed E-state index contributed by atoms with van der Waals surface area (Å²) in [7, 11) is 0. The van der Waals surface area contributed by atoms with Gasteiger partial charge >= 0.3 is 5.97 Å². The number of amides is 2. The van der Waals surface area contributed by atoms with Crippen molar-refractivity contribution in [3.05, 3.63) is 23.8 Å². The van der Waals surface area contributed by atoms with Gasteiger partial charge in [-0.05, 0) is 57.9 Å². The maximum absolute atomic E-state index is 13.2. The number of hydrogen-bond donors (Lipinski definition) is 2. The van der Waals surface area contributed by atoms with E-state index in [2.05, 4.69) is 5.32 Å².